The molecule has 0 radical (unpaired) electrons. The largest absolute Gasteiger partial charge is 0.461 e. The predicted molar refractivity (Wildman–Crippen MR) is 266 cm³/mol. The van der Waals surface area contributed by atoms with Gasteiger partial charge in [0.15, 0.2) is 0 Å². The standard InChI is InChI=1S/C55H78N2O14/c1-35-13-8-7-9-14-36(2)50(68-6)33-46-15-12-27-55(65,71-46)52(62)53(63)56-28-11-10-16-47(56)54(64)70-45(24-19-40-17-22-43(58)23-18-40)31-41(32-51(61)69-44-25-20-42(21-26-44)57(66)67)37(3)30-39(5)49(60)34-48(59)38(4)29-35/h7-9,13-14,20-21,25-26,30,35,37-38,40-41,43,45-47,49-50,58,60,65H,10-12,15-19,22-24,27-29,31-34H2,1-6H3/b9-7?,13-8+,36-14?,39-30+/t35-,37-,38-,40?,41+,43?,45-,46?,47+,49+,50+,55-/m1/s1. The lowest BCUT2D eigenvalue weighted by molar-refractivity contribution is -0.384. The van der Waals surface area contributed by atoms with Crippen molar-refractivity contribution in [2.75, 3.05) is 13.7 Å². The van der Waals surface area contributed by atoms with Crippen LogP contribution in [0.2, 0.25) is 0 Å². The number of methoxy groups -OCH3 is 1. The van der Waals surface area contributed by atoms with Crippen molar-refractivity contribution < 1.29 is 63.2 Å². The first-order valence-electron chi connectivity index (χ1n) is 25.8. The average molecular weight is 991 g/mol. The fraction of sp³-hybridized carbons (Fsp3) is 0.655. The van der Waals surface area contributed by atoms with Crippen LogP contribution in [0.5, 0.6) is 5.75 Å². The number of hydrogen-bond donors (Lipinski definition) is 3. The number of amides is 1. The van der Waals surface area contributed by atoms with Gasteiger partial charge in [0.2, 0.25) is 5.79 Å². The second-order valence-corrected chi connectivity index (χ2v) is 20.7. The summed E-state index contributed by atoms with van der Waals surface area (Å²) in [5.41, 5.74) is 1.23. The number of esters is 2. The minimum absolute atomic E-state index is 0.0519. The number of aliphatic hydroxyl groups excluding tert-OH is 2. The Kier molecular flexibility index (Phi) is 21.9. The van der Waals surface area contributed by atoms with Crippen LogP contribution in [-0.2, 0) is 38.2 Å². The van der Waals surface area contributed by atoms with E-state index in [0.29, 0.717) is 69.8 Å². The highest BCUT2D eigenvalue weighted by Gasteiger charge is 2.49. The number of ketones is 2. The Morgan fingerprint density at radius 1 is 0.887 bits per heavy atom. The fourth-order valence-corrected chi connectivity index (χ4v) is 10.5. The second-order valence-electron chi connectivity index (χ2n) is 20.7. The van der Waals surface area contributed by atoms with E-state index in [0.717, 1.165) is 18.4 Å². The number of cyclic esters (lactones) is 1. The van der Waals surface area contributed by atoms with Crippen molar-refractivity contribution >= 4 is 35.1 Å². The van der Waals surface area contributed by atoms with E-state index in [2.05, 4.69) is 0 Å². The van der Waals surface area contributed by atoms with E-state index in [1.165, 1.54) is 29.2 Å². The summed E-state index contributed by atoms with van der Waals surface area (Å²) >= 11 is 0. The Morgan fingerprint density at radius 3 is 2.30 bits per heavy atom. The van der Waals surface area contributed by atoms with E-state index >= 15 is 0 Å². The molecule has 10 atom stereocenters. The van der Waals surface area contributed by atoms with E-state index in [1.54, 1.807) is 14.0 Å². The fourth-order valence-electron chi connectivity index (χ4n) is 10.5. The van der Waals surface area contributed by atoms with Crippen molar-refractivity contribution in [3.8, 4) is 5.75 Å². The van der Waals surface area contributed by atoms with Gasteiger partial charge in [0, 0.05) is 57.4 Å². The topological polar surface area (TPSA) is 229 Å². The number of piperidine rings is 1. The molecule has 2 bridgehead atoms. The number of Topliss-reactive ketones (excluding diaryl/α,β-unsaturated/α-hetero) is 2. The zero-order valence-electron chi connectivity index (χ0n) is 42.6. The van der Waals surface area contributed by atoms with E-state index in [4.69, 9.17) is 18.9 Å². The third kappa shape index (κ3) is 17.1. The number of allylic oxidation sites excluding steroid dienone is 6. The van der Waals surface area contributed by atoms with E-state index < -0.39 is 76.6 Å². The highest BCUT2D eigenvalue weighted by atomic mass is 16.6. The molecule has 392 valence electrons. The summed E-state index contributed by atoms with van der Waals surface area (Å²) in [6, 6.07) is 3.99. The Morgan fingerprint density at radius 2 is 1.61 bits per heavy atom. The first kappa shape index (κ1) is 57.0. The molecule has 1 aromatic carbocycles. The summed E-state index contributed by atoms with van der Waals surface area (Å²) in [4.78, 5) is 82.1. The van der Waals surface area contributed by atoms with Gasteiger partial charge in [-0.05, 0) is 144 Å². The summed E-state index contributed by atoms with van der Waals surface area (Å²) in [5, 5.41) is 44.7. The molecule has 5 rings (SSSR count). The maximum Gasteiger partial charge on any atom is 0.329 e. The zero-order chi connectivity index (χ0) is 51.8. The highest BCUT2D eigenvalue weighted by molar-refractivity contribution is 6.39. The van der Waals surface area contributed by atoms with Crippen LogP contribution in [0.15, 0.2) is 71.9 Å². The van der Waals surface area contributed by atoms with Crippen LogP contribution in [-0.4, -0.2) is 111 Å². The minimum atomic E-state index is -2.41. The summed E-state index contributed by atoms with van der Waals surface area (Å²) in [7, 11) is 1.57. The Hall–Kier alpha value is -4.87. The maximum absolute atomic E-state index is 14.5. The van der Waals surface area contributed by atoms with Crippen molar-refractivity contribution in [3.63, 3.8) is 0 Å². The maximum atomic E-state index is 14.5. The van der Waals surface area contributed by atoms with Crippen molar-refractivity contribution in [1.82, 2.24) is 4.90 Å². The minimum Gasteiger partial charge on any atom is -0.461 e. The second kappa shape index (κ2) is 27.3. The number of carbonyl (C=O) groups excluding carboxylic acids is 5. The number of hydrogen-bond acceptors (Lipinski definition) is 14. The van der Waals surface area contributed by atoms with Crippen LogP contribution < -0.4 is 4.74 Å². The van der Waals surface area contributed by atoms with Gasteiger partial charge in [0.25, 0.3) is 17.4 Å². The van der Waals surface area contributed by atoms with Crippen molar-refractivity contribution in [2.45, 2.75) is 186 Å². The smallest absolute Gasteiger partial charge is 0.329 e. The number of rotatable bonds is 8. The van der Waals surface area contributed by atoms with Crippen LogP contribution in [0.1, 0.15) is 144 Å². The van der Waals surface area contributed by atoms with Gasteiger partial charge in [-0.1, -0.05) is 57.2 Å². The first-order chi connectivity index (χ1) is 33.8. The molecule has 16 nitrogen and oxygen atoms in total. The van der Waals surface area contributed by atoms with Crippen LogP contribution in [0.25, 0.3) is 0 Å². The van der Waals surface area contributed by atoms with Crippen LogP contribution in [0, 0.1) is 39.7 Å². The summed E-state index contributed by atoms with van der Waals surface area (Å²) in [5.74, 6) is -6.98. The normalized spacial score (nSPS) is 34.0. The van der Waals surface area contributed by atoms with E-state index in [1.807, 2.05) is 64.2 Å². The molecule has 4 aliphatic rings. The molecule has 1 aliphatic carbocycles. The number of carbonyl (C=O) groups is 5. The highest BCUT2D eigenvalue weighted by Crippen LogP contribution is 2.35. The Labute approximate surface area is 419 Å². The third-order valence-electron chi connectivity index (χ3n) is 15.0. The summed E-state index contributed by atoms with van der Waals surface area (Å²) < 4.78 is 23.9. The van der Waals surface area contributed by atoms with E-state index in [9.17, 15) is 49.4 Å². The SMILES string of the molecule is CO[C@H]1CC2CCC[C@@](O)(O2)C(=O)C(=O)N2CCCC[C@H]2C(=O)O[C@H](CCC2CCC(O)CC2)C[C@@H](CC(=O)Oc2ccc([N+](=O)[O-])cc2)[C@H](C)/C=C(\C)[C@@H](O)CC(=O)[C@H](C)C[C@H](C)/C=C/C=CC=C1C. The van der Waals surface area contributed by atoms with E-state index in [-0.39, 0.29) is 79.7 Å². The molecule has 3 N–H and O–H groups in total. The molecule has 16 heteroatoms. The van der Waals surface area contributed by atoms with Gasteiger partial charge < -0.3 is 39.2 Å². The number of ether oxygens (including phenoxy) is 4. The number of nitrogens with zero attached hydrogens (tertiary/aromatic N) is 2. The monoisotopic (exact) mass is 991 g/mol. The molecule has 0 spiro atoms. The number of fused-ring (bicyclic) bond motifs is 3. The van der Waals surface area contributed by atoms with Gasteiger partial charge in [-0.15, -0.1) is 0 Å². The number of non-ortho nitro benzene ring substituents is 1. The molecule has 1 saturated carbocycles. The predicted octanol–water partition coefficient (Wildman–Crippen LogP) is 8.39. The number of nitro benzene ring substituents is 1. The van der Waals surface area contributed by atoms with Crippen LogP contribution >= 0.6 is 0 Å². The lowest BCUT2D eigenvalue weighted by atomic mass is 9.80. The molecule has 3 fully saturated rings. The quantitative estimate of drug-likeness (QED) is 0.0555. The van der Waals surface area contributed by atoms with Gasteiger partial charge >= 0.3 is 11.9 Å². The lowest BCUT2D eigenvalue weighted by Crippen LogP contribution is -2.58. The third-order valence-corrected chi connectivity index (χ3v) is 15.0. The molecule has 3 aliphatic heterocycles. The van der Waals surface area contributed by atoms with Gasteiger partial charge in [-0.25, -0.2) is 4.79 Å². The van der Waals surface area contributed by atoms with Crippen molar-refractivity contribution in [3.05, 3.63) is 82.0 Å². The Balaban J connectivity index is 1.48. The van der Waals surface area contributed by atoms with Gasteiger partial charge in [-0.2, -0.15) is 0 Å². The molecular formula is C55H78N2O14. The Bertz CT molecular complexity index is 2110. The molecule has 1 unspecified atom stereocenters. The molecule has 3 heterocycles. The number of benzene rings is 1. The molecule has 0 aromatic heterocycles. The summed E-state index contributed by atoms with van der Waals surface area (Å²) in [6.45, 7) is 9.47. The lowest BCUT2D eigenvalue weighted by Gasteiger charge is -2.39. The van der Waals surface area contributed by atoms with Crippen molar-refractivity contribution in [2.24, 2.45) is 29.6 Å². The van der Waals surface area contributed by atoms with Gasteiger partial charge in [0.05, 0.1) is 29.3 Å². The number of nitro groups is 1. The van der Waals surface area contributed by atoms with Gasteiger partial charge in [-0.3, -0.25) is 29.3 Å². The molecule has 2 saturated heterocycles. The molecule has 71 heavy (non-hydrogen) atoms. The zero-order valence-corrected chi connectivity index (χ0v) is 42.6. The first-order valence-corrected chi connectivity index (χ1v) is 25.8. The van der Waals surface area contributed by atoms with Gasteiger partial charge in [0.1, 0.15) is 23.7 Å². The summed E-state index contributed by atoms with van der Waals surface area (Å²) in [6.07, 6.45) is 14.9. The number of aliphatic hydroxyl groups is 3. The average Bonchev–Trinajstić information content (AvgIpc) is 3.34. The molecule has 1 aromatic rings. The molecular weight excluding hydrogens is 913 g/mol. The molecule has 1 amide bonds. The van der Waals surface area contributed by atoms with Crippen LogP contribution in [0.4, 0.5) is 5.69 Å². The van der Waals surface area contributed by atoms with Crippen molar-refractivity contribution in [1.29, 1.82) is 0 Å². The van der Waals surface area contributed by atoms with Crippen LogP contribution in [0.3, 0.4) is 0 Å².